The number of carbonyl (C=O) groups is 2. The van der Waals surface area contributed by atoms with Crippen LogP contribution < -0.4 is 0 Å². The first kappa shape index (κ1) is 17.5. The number of unbranched alkanes of at least 4 members (excludes halogenated alkanes) is 1. The zero-order chi connectivity index (χ0) is 16.3. The van der Waals surface area contributed by atoms with Gasteiger partial charge >= 0.3 is 5.97 Å². The summed E-state index contributed by atoms with van der Waals surface area (Å²) < 4.78 is 5.48. The molecule has 0 aromatic carbocycles. The molecule has 2 atom stereocenters. The van der Waals surface area contributed by atoms with E-state index in [-0.39, 0.29) is 11.7 Å². The van der Waals surface area contributed by atoms with Crippen molar-refractivity contribution in [3.8, 4) is 12.3 Å². The molecular formula is C18H26O3. The molecule has 0 heterocycles. The summed E-state index contributed by atoms with van der Waals surface area (Å²) in [6, 6.07) is 0. The molecule has 0 aliphatic heterocycles. The number of ketones is 1. The van der Waals surface area contributed by atoms with Crippen LogP contribution in [0.25, 0.3) is 0 Å². The van der Waals surface area contributed by atoms with Gasteiger partial charge in [0.25, 0.3) is 0 Å². The highest BCUT2D eigenvalue weighted by Crippen LogP contribution is 2.49. The summed E-state index contributed by atoms with van der Waals surface area (Å²) in [4.78, 5) is 24.8. The molecule has 21 heavy (non-hydrogen) atoms. The third-order valence-electron chi connectivity index (χ3n) is 4.13. The number of Topliss-reactive ketones (excluding diaryl/α,β-unsaturated/α-hetero) is 1. The molecule has 1 saturated carbocycles. The second-order valence-corrected chi connectivity index (χ2v) is 6.82. The van der Waals surface area contributed by atoms with Crippen LogP contribution in [-0.2, 0) is 14.3 Å². The molecule has 3 heteroatoms. The van der Waals surface area contributed by atoms with Gasteiger partial charge in [-0.3, -0.25) is 9.59 Å². The maximum absolute atomic E-state index is 12.6. The van der Waals surface area contributed by atoms with Gasteiger partial charge in [0.15, 0.2) is 5.78 Å². The first-order valence-corrected chi connectivity index (χ1v) is 7.52. The number of hydrogen-bond donors (Lipinski definition) is 0. The van der Waals surface area contributed by atoms with Gasteiger partial charge in [0.2, 0.25) is 0 Å². The SMILES string of the molecule is C#CCCC[C@H]1CC[C@@](C(C)=O)(C(=O)OC(C)(C)C)C1=C. The molecule has 1 rings (SSSR count). The van der Waals surface area contributed by atoms with Gasteiger partial charge in [-0.1, -0.05) is 6.58 Å². The highest BCUT2D eigenvalue weighted by atomic mass is 16.6. The van der Waals surface area contributed by atoms with Crippen molar-refractivity contribution in [2.75, 3.05) is 0 Å². The molecule has 0 spiro atoms. The number of rotatable bonds is 5. The van der Waals surface area contributed by atoms with E-state index in [4.69, 9.17) is 11.2 Å². The number of ether oxygens (including phenoxy) is 1. The average molecular weight is 290 g/mol. The standard InChI is InChI=1S/C18H26O3/c1-7-8-9-10-15-11-12-18(13(15)2,14(3)19)16(20)21-17(4,5)6/h1,15H,2,8-12H2,3-6H3/t15-,18+/m0/s1. The summed E-state index contributed by atoms with van der Waals surface area (Å²) in [5.41, 5.74) is -1.06. The van der Waals surface area contributed by atoms with Gasteiger partial charge < -0.3 is 4.74 Å². The van der Waals surface area contributed by atoms with E-state index in [0.29, 0.717) is 18.4 Å². The van der Waals surface area contributed by atoms with Crippen LogP contribution in [0.15, 0.2) is 12.2 Å². The summed E-state index contributed by atoms with van der Waals surface area (Å²) >= 11 is 0. The van der Waals surface area contributed by atoms with E-state index in [1.807, 2.05) is 0 Å². The maximum atomic E-state index is 12.6. The number of hydrogen-bond acceptors (Lipinski definition) is 3. The smallest absolute Gasteiger partial charge is 0.324 e. The van der Waals surface area contributed by atoms with Gasteiger partial charge in [-0.15, -0.1) is 12.3 Å². The van der Waals surface area contributed by atoms with E-state index < -0.39 is 17.0 Å². The molecule has 0 aromatic heterocycles. The Balaban J connectivity index is 2.93. The third-order valence-corrected chi connectivity index (χ3v) is 4.13. The normalized spacial score (nSPS) is 25.5. The summed E-state index contributed by atoms with van der Waals surface area (Å²) in [6.07, 6.45) is 9.04. The van der Waals surface area contributed by atoms with Crippen molar-refractivity contribution in [2.45, 2.75) is 65.4 Å². The van der Waals surface area contributed by atoms with Crippen molar-refractivity contribution in [3.63, 3.8) is 0 Å². The zero-order valence-electron chi connectivity index (χ0n) is 13.6. The summed E-state index contributed by atoms with van der Waals surface area (Å²) in [6.45, 7) is 10.9. The number of carbonyl (C=O) groups excluding carboxylic acids is 2. The fourth-order valence-corrected chi connectivity index (χ4v) is 2.99. The van der Waals surface area contributed by atoms with E-state index in [1.54, 1.807) is 20.8 Å². The highest BCUT2D eigenvalue weighted by molar-refractivity contribution is 6.06. The van der Waals surface area contributed by atoms with E-state index >= 15 is 0 Å². The van der Waals surface area contributed by atoms with Crippen molar-refractivity contribution in [1.82, 2.24) is 0 Å². The zero-order valence-corrected chi connectivity index (χ0v) is 13.6. The minimum Gasteiger partial charge on any atom is -0.459 e. The van der Waals surface area contributed by atoms with Crippen LogP contribution in [0, 0.1) is 23.7 Å². The van der Waals surface area contributed by atoms with Crippen LogP contribution in [-0.4, -0.2) is 17.4 Å². The van der Waals surface area contributed by atoms with Gasteiger partial charge in [-0.05, 0) is 64.9 Å². The van der Waals surface area contributed by atoms with Crippen LogP contribution in [0.3, 0.4) is 0 Å². The van der Waals surface area contributed by atoms with Crippen LogP contribution >= 0.6 is 0 Å². The van der Waals surface area contributed by atoms with Crippen LogP contribution in [0.4, 0.5) is 0 Å². The van der Waals surface area contributed by atoms with Gasteiger partial charge in [0.05, 0.1) is 0 Å². The molecule has 1 aliphatic rings. The van der Waals surface area contributed by atoms with Crippen LogP contribution in [0.1, 0.15) is 59.8 Å². The molecule has 0 unspecified atom stereocenters. The topological polar surface area (TPSA) is 43.4 Å². The molecule has 0 saturated heterocycles. The Morgan fingerprint density at radius 2 is 2.10 bits per heavy atom. The Hall–Kier alpha value is -1.56. The lowest BCUT2D eigenvalue weighted by atomic mass is 9.77. The summed E-state index contributed by atoms with van der Waals surface area (Å²) in [5, 5.41) is 0. The second kappa shape index (κ2) is 6.47. The van der Waals surface area contributed by atoms with Crippen LogP contribution in [0.2, 0.25) is 0 Å². The Morgan fingerprint density at radius 3 is 2.57 bits per heavy atom. The van der Waals surface area contributed by atoms with Crippen molar-refractivity contribution in [3.05, 3.63) is 12.2 Å². The molecular weight excluding hydrogens is 264 g/mol. The highest BCUT2D eigenvalue weighted by Gasteiger charge is 2.53. The molecule has 3 nitrogen and oxygen atoms in total. The van der Waals surface area contributed by atoms with E-state index in [0.717, 1.165) is 19.3 Å². The Kier molecular flexibility index (Phi) is 5.39. The van der Waals surface area contributed by atoms with Gasteiger partial charge in [0.1, 0.15) is 11.0 Å². The Bertz CT molecular complexity index is 476. The lowest BCUT2D eigenvalue weighted by Crippen LogP contribution is -2.42. The van der Waals surface area contributed by atoms with Crippen molar-refractivity contribution >= 4 is 11.8 Å². The monoisotopic (exact) mass is 290 g/mol. The molecule has 116 valence electrons. The Morgan fingerprint density at radius 1 is 1.48 bits per heavy atom. The Labute approximate surface area is 128 Å². The van der Waals surface area contributed by atoms with E-state index in [2.05, 4.69) is 12.5 Å². The minimum absolute atomic E-state index is 0.166. The quantitative estimate of drug-likeness (QED) is 0.255. The second-order valence-electron chi connectivity index (χ2n) is 6.82. The lowest BCUT2D eigenvalue weighted by molar-refractivity contribution is -0.167. The van der Waals surface area contributed by atoms with Crippen molar-refractivity contribution < 1.29 is 14.3 Å². The first-order valence-electron chi connectivity index (χ1n) is 7.52. The largest absolute Gasteiger partial charge is 0.459 e. The summed E-state index contributed by atoms with van der Waals surface area (Å²) in [5.74, 6) is 2.17. The summed E-state index contributed by atoms with van der Waals surface area (Å²) in [7, 11) is 0. The van der Waals surface area contributed by atoms with Crippen molar-refractivity contribution in [1.29, 1.82) is 0 Å². The van der Waals surface area contributed by atoms with Crippen LogP contribution in [0.5, 0.6) is 0 Å². The number of terminal acetylenes is 1. The fourth-order valence-electron chi connectivity index (χ4n) is 2.99. The third kappa shape index (κ3) is 3.75. The van der Waals surface area contributed by atoms with E-state index in [9.17, 15) is 9.59 Å². The average Bonchev–Trinajstić information content (AvgIpc) is 2.66. The lowest BCUT2D eigenvalue weighted by Gasteiger charge is -2.31. The van der Waals surface area contributed by atoms with E-state index in [1.165, 1.54) is 6.92 Å². The predicted octanol–water partition coefficient (Wildman–Crippen LogP) is 3.67. The molecule has 0 amide bonds. The predicted molar refractivity (Wildman–Crippen MR) is 83.5 cm³/mol. The molecule has 0 N–H and O–H groups in total. The fraction of sp³-hybridized carbons (Fsp3) is 0.667. The first-order chi connectivity index (χ1) is 9.65. The molecule has 1 fully saturated rings. The van der Waals surface area contributed by atoms with Gasteiger partial charge in [-0.2, -0.15) is 0 Å². The van der Waals surface area contributed by atoms with Gasteiger partial charge in [0, 0.05) is 6.42 Å². The molecule has 0 bridgehead atoms. The minimum atomic E-state index is -1.16. The molecule has 0 radical (unpaired) electrons. The van der Waals surface area contributed by atoms with Gasteiger partial charge in [-0.25, -0.2) is 0 Å². The van der Waals surface area contributed by atoms with Crippen molar-refractivity contribution in [2.24, 2.45) is 11.3 Å². The molecule has 0 aromatic rings. The maximum Gasteiger partial charge on any atom is 0.324 e. The molecule has 1 aliphatic carbocycles. The number of esters is 1.